The third-order valence-electron chi connectivity index (χ3n) is 6.58. The lowest BCUT2D eigenvalue weighted by Gasteiger charge is -2.33. The third kappa shape index (κ3) is 9.30. The standard InChI is InChI=1S/C30H37FN8O2/c1-20(26(29(41)33-2)12-15-39(3)4)28(40)36-25-16-22(17-25)6-9-23-19-35-30(38-27(23)34-14-5-13-31)37-24-10-7-21(18-32)8-11-24/h7-8,10-12,19-20,22,25H,5,13-17H2,1-4H3,(H,33,41)(H,36,40)(H2,34,35,37,38)/b26-12-/t20-,22?,25?/m0/s1. The molecule has 1 atom stereocenters. The van der Waals surface area contributed by atoms with Crippen molar-refractivity contribution in [2.75, 3.05) is 51.5 Å². The number of likely N-dealkylation sites (N-methyl/N-ethyl adjacent to an activating group) is 2. The van der Waals surface area contributed by atoms with Gasteiger partial charge < -0.3 is 26.2 Å². The summed E-state index contributed by atoms with van der Waals surface area (Å²) in [5.74, 6) is 6.29. The Hall–Kier alpha value is -4.48. The van der Waals surface area contributed by atoms with Crippen LogP contribution in [-0.4, -0.2) is 73.6 Å². The van der Waals surface area contributed by atoms with E-state index in [0.717, 1.165) is 5.69 Å². The van der Waals surface area contributed by atoms with Crippen LogP contribution >= 0.6 is 0 Å². The van der Waals surface area contributed by atoms with Crippen LogP contribution in [0.4, 0.5) is 21.8 Å². The summed E-state index contributed by atoms with van der Waals surface area (Å²) < 4.78 is 12.7. The fraction of sp³-hybridized carbons (Fsp3) is 0.433. The average molecular weight is 561 g/mol. The number of hydrogen-bond donors (Lipinski definition) is 4. The highest BCUT2D eigenvalue weighted by Gasteiger charge is 2.32. The number of rotatable bonds is 12. The number of nitrogens with one attached hydrogen (secondary N) is 4. The van der Waals surface area contributed by atoms with Gasteiger partial charge >= 0.3 is 0 Å². The molecule has 0 spiro atoms. The zero-order valence-electron chi connectivity index (χ0n) is 23.9. The van der Waals surface area contributed by atoms with Crippen LogP contribution < -0.4 is 21.3 Å². The first-order valence-corrected chi connectivity index (χ1v) is 13.6. The monoisotopic (exact) mass is 560 g/mol. The van der Waals surface area contributed by atoms with Gasteiger partial charge in [-0.3, -0.25) is 14.0 Å². The molecule has 11 heteroatoms. The Bertz CT molecular complexity index is 1330. The van der Waals surface area contributed by atoms with E-state index in [1.165, 1.54) is 0 Å². The molecule has 3 rings (SSSR count). The summed E-state index contributed by atoms with van der Waals surface area (Å²) in [7, 11) is 5.35. The first kappa shape index (κ1) is 31.1. The number of carbonyl (C=O) groups excluding carboxylic acids is 2. The largest absolute Gasteiger partial charge is 0.369 e. The van der Waals surface area contributed by atoms with Crippen molar-refractivity contribution in [1.82, 2.24) is 25.5 Å². The van der Waals surface area contributed by atoms with Crippen molar-refractivity contribution in [3.8, 4) is 17.9 Å². The molecule has 0 saturated heterocycles. The molecule has 1 aromatic carbocycles. The molecule has 1 aliphatic rings. The molecule has 4 N–H and O–H groups in total. The quantitative estimate of drug-likeness (QED) is 0.177. The van der Waals surface area contributed by atoms with Gasteiger partial charge in [0.1, 0.15) is 5.82 Å². The Morgan fingerprint density at radius 3 is 2.61 bits per heavy atom. The number of nitriles is 1. The van der Waals surface area contributed by atoms with Crippen molar-refractivity contribution < 1.29 is 14.0 Å². The van der Waals surface area contributed by atoms with Crippen molar-refractivity contribution in [3.05, 3.63) is 53.2 Å². The molecule has 1 aromatic heterocycles. The van der Waals surface area contributed by atoms with Gasteiger partial charge in [0.15, 0.2) is 0 Å². The minimum absolute atomic E-state index is 0.0126. The maximum absolute atomic E-state index is 12.9. The van der Waals surface area contributed by atoms with E-state index in [-0.39, 0.29) is 23.8 Å². The summed E-state index contributed by atoms with van der Waals surface area (Å²) in [6.45, 7) is 2.25. The molecule has 10 nitrogen and oxygen atoms in total. The number of aromatic nitrogens is 2. The molecular formula is C30H37FN8O2. The van der Waals surface area contributed by atoms with Crippen molar-refractivity contribution in [2.45, 2.75) is 32.2 Å². The molecule has 2 aromatic rings. The number of benzene rings is 1. The molecule has 216 valence electrons. The van der Waals surface area contributed by atoms with Crippen LogP contribution in [0, 0.1) is 35.0 Å². The molecule has 1 heterocycles. The smallest absolute Gasteiger partial charge is 0.247 e. The van der Waals surface area contributed by atoms with E-state index < -0.39 is 12.6 Å². The maximum atomic E-state index is 12.9. The Kier molecular flexibility index (Phi) is 11.6. The lowest BCUT2D eigenvalue weighted by atomic mass is 9.80. The molecule has 2 amide bonds. The minimum atomic E-state index is -0.577. The number of carbonyl (C=O) groups is 2. The number of halogens is 1. The summed E-state index contributed by atoms with van der Waals surface area (Å²) in [6, 6.07) is 8.98. The normalized spacial score (nSPS) is 16.9. The second kappa shape index (κ2) is 15.3. The van der Waals surface area contributed by atoms with E-state index in [0.29, 0.717) is 60.8 Å². The van der Waals surface area contributed by atoms with Crippen molar-refractivity contribution in [2.24, 2.45) is 11.8 Å². The predicted molar refractivity (Wildman–Crippen MR) is 157 cm³/mol. The SMILES string of the molecule is CNC(=O)/C(=C\CN(C)C)[C@H](C)C(=O)NC1CC(C#Cc2cnc(Nc3ccc(C#N)cc3)nc2NCCCF)C1. The van der Waals surface area contributed by atoms with Gasteiger partial charge in [0.2, 0.25) is 17.8 Å². The summed E-state index contributed by atoms with van der Waals surface area (Å²) in [5.41, 5.74) is 2.31. The number of nitrogens with zero attached hydrogens (tertiary/aromatic N) is 4. The molecule has 0 bridgehead atoms. The summed E-state index contributed by atoms with van der Waals surface area (Å²) >= 11 is 0. The Balaban J connectivity index is 1.62. The van der Waals surface area contributed by atoms with Gasteiger partial charge in [0, 0.05) is 43.4 Å². The van der Waals surface area contributed by atoms with E-state index >= 15 is 0 Å². The minimum Gasteiger partial charge on any atom is -0.369 e. The van der Waals surface area contributed by atoms with Crippen molar-refractivity contribution >= 4 is 29.3 Å². The van der Waals surface area contributed by atoms with E-state index in [1.54, 1.807) is 50.5 Å². The van der Waals surface area contributed by atoms with E-state index in [1.807, 2.05) is 19.0 Å². The Morgan fingerprint density at radius 2 is 1.98 bits per heavy atom. The average Bonchev–Trinajstić information content (AvgIpc) is 2.95. The van der Waals surface area contributed by atoms with Crippen LogP contribution in [0.25, 0.3) is 0 Å². The van der Waals surface area contributed by atoms with Crippen LogP contribution in [0.15, 0.2) is 42.1 Å². The molecule has 0 aliphatic heterocycles. The molecule has 1 saturated carbocycles. The lowest BCUT2D eigenvalue weighted by Crippen LogP contribution is -2.46. The van der Waals surface area contributed by atoms with Crippen LogP contribution in [0.5, 0.6) is 0 Å². The lowest BCUT2D eigenvalue weighted by molar-refractivity contribution is -0.127. The first-order valence-electron chi connectivity index (χ1n) is 13.6. The number of amides is 2. The van der Waals surface area contributed by atoms with Crippen LogP contribution in [-0.2, 0) is 9.59 Å². The summed E-state index contributed by atoms with van der Waals surface area (Å²) in [5, 5.41) is 20.9. The van der Waals surface area contributed by atoms with E-state index in [2.05, 4.69) is 49.1 Å². The van der Waals surface area contributed by atoms with Crippen molar-refractivity contribution in [1.29, 1.82) is 5.26 Å². The van der Waals surface area contributed by atoms with Crippen LogP contribution in [0.1, 0.15) is 37.3 Å². The van der Waals surface area contributed by atoms with Crippen LogP contribution in [0.2, 0.25) is 0 Å². The second-order valence-electron chi connectivity index (χ2n) is 10.1. The van der Waals surface area contributed by atoms with Crippen LogP contribution in [0.3, 0.4) is 0 Å². The van der Waals surface area contributed by atoms with Gasteiger partial charge in [-0.2, -0.15) is 10.2 Å². The zero-order valence-corrected chi connectivity index (χ0v) is 23.9. The summed E-state index contributed by atoms with van der Waals surface area (Å²) in [4.78, 5) is 36.0. The van der Waals surface area contributed by atoms with Gasteiger partial charge in [-0.05, 0) is 64.5 Å². The van der Waals surface area contributed by atoms with E-state index in [9.17, 15) is 14.0 Å². The molecule has 1 fully saturated rings. The van der Waals surface area contributed by atoms with Gasteiger partial charge in [0.25, 0.3) is 0 Å². The van der Waals surface area contributed by atoms with Gasteiger partial charge in [0.05, 0.1) is 36.0 Å². The number of hydrogen-bond acceptors (Lipinski definition) is 8. The first-order chi connectivity index (χ1) is 19.7. The fourth-order valence-electron chi connectivity index (χ4n) is 4.09. The topological polar surface area (TPSA) is 135 Å². The predicted octanol–water partition coefficient (Wildman–Crippen LogP) is 2.98. The second-order valence-corrected chi connectivity index (χ2v) is 10.1. The number of alkyl halides is 1. The van der Waals surface area contributed by atoms with E-state index in [4.69, 9.17) is 5.26 Å². The third-order valence-corrected chi connectivity index (χ3v) is 6.58. The zero-order chi connectivity index (χ0) is 29.8. The molecule has 41 heavy (non-hydrogen) atoms. The molecular weight excluding hydrogens is 523 g/mol. The van der Waals surface area contributed by atoms with Crippen molar-refractivity contribution in [3.63, 3.8) is 0 Å². The highest BCUT2D eigenvalue weighted by molar-refractivity contribution is 5.99. The fourth-order valence-corrected chi connectivity index (χ4v) is 4.09. The van der Waals surface area contributed by atoms with Gasteiger partial charge in [-0.15, -0.1) is 0 Å². The maximum Gasteiger partial charge on any atom is 0.247 e. The van der Waals surface area contributed by atoms with Gasteiger partial charge in [-0.1, -0.05) is 17.9 Å². The molecule has 0 radical (unpaired) electrons. The molecule has 1 aliphatic carbocycles. The molecule has 0 unspecified atom stereocenters. The highest BCUT2D eigenvalue weighted by atomic mass is 19.1. The summed E-state index contributed by atoms with van der Waals surface area (Å²) in [6.07, 6.45) is 5.13. The van der Waals surface area contributed by atoms with Gasteiger partial charge in [-0.25, -0.2) is 4.98 Å². The highest BCUT2D eigenvalue weighted by Crippen LogP contribution is 2.28. The number of anilines is 3. The Morgan fingerprint density at radius 1 is 1.24 bits per heavy atom. The Labute approximate surface area is 240 Å².